The second-order valence-electron chi connectivity index (χ2n) is 2.74. The van der Waals surface area contributed by atoms with Crippen molar-refractivity contribution in [2.75, 3.05) is 7.11 Å². The summed E-state index contributed by atoms with van der Waals surface area (Å²) < 4.78 is 5.06. The van der Waals surface area contributed by atoms with Crippen LogP contribution in [-0.4, -0.2) is 24.3 Å². The lowest BCUT2D eigenvalue weighted by Gasteiger charge is -2.14. The number of hydrogen-bond acceptors (Lipinski definition) is 2. The van der Waals surface area contributed by atoms with Crippen molar-refractivity contribution in [2.45, 2.75) is 32.8 Å². The molecule has 2 unspecified atom stereocenters. The van der Waals surface area contributed by atoms with E-state index in [9.17, 15) is 4.79 Å². The first kappa shape index (κ1) is 10.4. The fourth-order valence-electron chi connectivity index (χ4n) is 0.925. The number of carbonyl (C=O) groups is 1. The van der Waals surface area contributed by atoms with Crippen LogP contribution in [0.5, 0.6) is 0 Å². The van der Waals surface area contributed by atoms with Crippen LogP contribution in [0.25, 0.3) is 0 Å². The van der Waals surface area contributed by atoms with E-state index < -0.39 is 5.97 Å². The first-order valence-electron chi connectivity index (χ1n) is 3.87. The largest absolute Gasteiger partial charge is 0.481 e. The molecule has 0 spiro atoms. The average Bonchev–Trinajstić information content (AvgIpc) is 1.99. The molecule has 0 aliphatic carbocycles. The van der Waals surface area contributed by atoms with Gasteiger partial charge in [0.15, 0.2) is 0 Å². The molecule has 0 aromatic carbocycles. The summed E-state index contributed by atoms with van der Waals surface area (Å²) in [6.07, 6.45) is 1.55. The topological polar surface area (TPSA) is 46.5 Å². The lowest BCUT2D eigenvalue weighted by molar-refractivity contribution is -0.142. The summed E-state index contributed by atoms with van der Waals surface area (Å²) in [6, 6.07) is 0. The molecule has 1 N–H and O–H groups in total. The summed E-state index contributed by atoms with van der Waals surface area (Å²) in [6.45, 7) is 3.69. The number of ether oxygens (including phenoxy) is 1. The zero-order chi connectivity index (χ0) is 8.85. The molecule has 11 heavy (non-hydrogen) atoms. The van der Waals surface area contributed by atoms with Crippen LogP contribution < -0.4 is 0 Å². The fourth-order valence-corrected chi connectivity index (χ4v) is 0.925. The second-order valence-corrected chi connectivity index (χ2v) is 2.74. The number of carboxylic acid groups (broad SMARTS) is 1. The monoisotopic (exact) mass is 160 g/mol. The lowest BCUT2D eigenvalue weighted by atomic mass is 10.0. The molecular weight excluding hydrogens is 144 g/mol. The van der Waals surface area contributed by atoms with E-state index in [1.54, 1.807) is 14.0 Å². The highest BCUT2D eigenvalue weighted by Crippen LogP contribution is 2.10. The minimum absolute atomic E-state index is 0.0844. The van der Waals surface area contributed by atoms with Gasteiger partial charge in [0.2, 0.25) is 0 Å². The molecular formula is C8H16O3. The van der Waals surface area contributed by atoms with Gasteiger partial charge in [0.05, 0.1) is 12.0 Å². The Morgan fingerprint density at radius 1 is 1.64 bits per heavy atom. The second kappa shape index (κ2) is 5.13. The predicted molar refractivity (Wildman–Crippen MR) is 42.5 cm³/mol. The van der Waals surface area contributed by atoms with Gasteiger partial charge in [0.25, 0.3) is 0 Å². The molecule has 3 nitrogen and oxygen atoms in total. The zero-order valence-electron chi connectivity index (χ0n) is 7.33. The van der Waals surface area contributed by atoms with Crippen LogP contribution in [0.15, 0.2) is 0 Å². The van der Waals surface area contributed by atoms with E-state index in [-0.39, 0.29) is 12.0 Å². The maximum absolute atomic E-state index is 10.4. The van der Waals surface area contributed by atoms with Gasteiger partial charge in [-0.3, -0.25) is 4.79 Å². The van der Waals surface area contributed by atoms with Gasteiger partial charge in [-0.25, -0.2) is 0 Å². The molecule has 0 bridgehead atoms. The standard InChI is InChI=1S/C8H16O3/c1-4-7(11-3)5-6(2)8(9)10/h6-7H,4-5H2,1-3H3,(H,9,10). The number of aliphatic carboxylic acids is 1. The van der Waals surface area contributed by atoms with Gasteiger partial charge in [-0.1, -0.05) is 13.8 Å². The maximum Gasteiger partial charge on any atom is 0.306 e. The number of methoxy groups -OCH3 is 1. The van der Waals surface area contributed by atoms with Crippen molar-refractivity contribution in [3.8, 4) is 0 Å². The molecule has 0 saturated carbocycles. The van der Waals surface area contributed by atoms with Gasteiger partial charge in [-0.2, -0.15) is 0 Å². The third kappa shape index (κ3) is 3.98. The molecule has 0 aromatic rings. The molecule has 2 atom stereocenters. The minimum Gasteiger partial charge on any atom is -0.481 e. The molecule has 0 amide bonds. The van der Waals surface area contributed by atoms with E-state index in [1.807, 2.05) is 6.92 Å². The smallest absolute Gasteiger partial charge is 0.306 e. The zero-order valence-corrected chi connectivity index (χ0v) is 7.33. The van der Waals surface area contributed by atoms with Crippen molar-refractivity contribution in [1.29, 1.82) is 0 Å². The highest BCUT2D eigenvalue weighted by Gasteiger charge is 2.15. The molecule has 0 aliphatic heterocycles. The van der Waals surface area contributed by atoms with E-state index in [2.05, 4.69) is 0 Å². The van der Waals surface area contributed by atoms with E-state index in [0.29, 0.717) is 6.42 Å². The van der Waals surface area contributed by atoms with Crippen molar-refractivity contribution in [2.24, 2.45) is 5.92 Å². The fraction of sp³-hybridized carbons (Fsp3) is 0.875. The van der Waals surface area contributed by atoms with Gasteiger partial charge < -0.3 is 9.84 Å². The van der Waals surface area contributed by atoms with Crippen molar-refractivity contribution in [3.63, 3.8) is 0 Å². The van der Waals surface area contributed by atoms with Crippen molar-refractivity contribution >= 4 is 5.97 Å². The molecule has 0 saturated heterocycles. The Hall–Kier alpha value is -0.570. The van der Waals surface area contributed by atoms with Crippen LogP contribution in [0, 0.1) is 5.92 Å². The Balaban J connectivity index is 3.71. The Labute approximate surface area is 67.4 Å². The average molecular weight is 160 g/mol. The summed E-state index contributed by atoms with van der Waals surface area (Å²) in [5.74, 6) is -1.06. The van der Waals surface area contributed by atoms with E-state index in [0.717, 1.165) is 6.42 Å². The quantitative estimate of drug-likeness (QED) is 0.663. The summed E-state index contributed by atoms with van der Waals surface area (Å²) in [5.41, 5.74) is 0. The van der Waals surface area contributed by atoms with E-state index >= 15 is 0 Å². The van der Waals surface area contributed by atoms with Crippen LogP contribution in [0.4, 0.5) is 0 Å². The Bertz CT molecular complexity index is 119. The van der Waals surface area contributed by atoms with E-state index in [4.69, 9.17) is 9.84 Å². The molecule has 66 valence electrons. The Morgan fingerprint density at radius 3 is 2.45 bits per heavy atom. The minimum atomic E-state index is -0.750. The Morgan fingerprint density at radius 2 is 2.18 bits per heavy atom. The van der Waals surface area contributed by atoms with Gasteiger partial charge in [-0.05, 0) is 12.8 Å². The van der Waals surface area contributed by atoms with E-state index in [1.165, 1.54) is 0 Å². The highest BCUT2D eigenvalue weighted by atomic mass is 16.5. The van der Waals surface area contributed by atoms with Crippen molar-refractivity contribution in [3.05, 3.63) is 0 Å². The van der Waals surface area contributed by atoms with Crippen molar-refractivity contribution < 1.29 is 14.6 Å². The van der Waals surface area contributed by atoms with Crippen LogP contribution >= 0.6 is 0 Å². The number of rotatable bonds is 5. The Kier molecular flexibility index (Phi) is 4.86. The number of carboxylic acids is 1. The summed E-state index contributed by atoms with van der Waals surface area (Å²) >= 11 is 0. The van der Waals surface area contributed by atoms with Crippen molar-refractivity contribution in [1.82, 2.24) is 0 Å². The maximum atomic E-state index is 10.4. The third-order valence-corrected chi connectivity index (χ3v) is 1.83. The van der Waals surface area contributed by atoms with Crippen LogP contribution in [0.1, 0.15) is 26.7 Å². The first-order valence-corrected chi connectivity index (χ1v) is 3.87. The van der Waals surface area contributed by atoms with Gasteiger partial charge >= 0.3 is 5.97 Å². The van der Waals surface area contributed by atoms with Crippen LogP contribution in [-0.2, 0) is 9.53 Å². The van der Waals surface area contributed by atoms with Gasteiger partial charge in [0, 0.05) is 7.11 Å². The molecule has 0 radical (unpaired) electrons. The predicted octanol–water partition coefficient (Wildman–Crippen LogP) is 1.52. The molecule has 0 fully saturated rings. The molecule has 0 rings (SSSR count). The SMILES string of the molecule is CCC(CC(C)C(=O)O)OC. The third-order valence-electron chi connectivity index (χ3n) is 1.83. The lowest BCUT2D eigenvalue weighted by Crippen LogP contribution is -2.19. The summed E-state index contributed by atoms with van der Waals surface area (Å²) in [5, 5.41) is 8.57. The van der Waals surface area contributed by atoms with Gasteiger partial charge in [0.1, 0.15) is 0 Å². The normalized spacial score (nSPS) is 15.9. The molecule has 0 aliphatic rings. The van der Waals surface area contributed by atoms with Crippen LogP contribution in [0.2, 0.25) is 0 Å². The number of hydrogen-bond donors (Lipinski definition) is 1. The molecule has 3 heteroatoms. The van der Waals surface area contributed by atoms with Crippen LogP contribution in [0.3, 0.4) is 0 Å². The molecule has 0 heterocycles. The summed E-state index contributed by atoms with van der Waals surface area (Å²) in [7, 11) is 1.61. The van der Waals surface area contributed by atoms with Gasteiger partial charge in [-0.15, -0.1) is 0 Å². The molecule has 0 aromatic heterocycles. The summed E-state index contributed by atoms with van der Waals surface area (Å²) in [4.78, 5) is 10.4. The first-order chi connectivity index (χ1) is 5.11. The highest BCUT2D eigenvalue weighted by molar-refractivity contribution is 5.69.